The van der Waals surface area contributed by atoms with Gasteiger partial charge in [0.25, 0.3) is 11.8 Å². The number of carboxylic acids is 1. The molecule has 3 N–H and O–H groups in total. The summed E-state index contributed by atoms with van der Waals surface area (Å²) >= 11 is 0. The number of nitrogens with zero attached hydrogens (tertiary/aromatic N) is 1. The lowest BCUT2D eigenvalue weighted by Crippen LogP contribution is -2.60. The van der Waals surface area contributed by atoms with Gasteiger partial charge in [0.2, 0.25) is 0 Å². The molecule has 1 saturated heterocycles. The van der Waals surface area contributed by atoms with E-state index < -0.39 is 41.9 Å². The highest BCUT2D eigenvalue weighted by molar-refractivity contribution is 5.90. The Kier molecular flexibility index (Phi) is 10.6. The molecule has 2 aromatic rings. The van der Waals surface area contributed by atoms with Crippen molar-refractivity contribution in [3.63, 3.8) is 0 Å². The van der Waals surface area contributed by atoms with Crippen LogP contribution in [0.15, 0.2) is 48.5 Å². The fourth-order valence-electron chi connectivity index (χ4n) is 4.49. The Bertz CT molecular complexity index is 1160. The Hall–Kier alpha value is -3.72. The number of aliphatic carboxylic acids is 1. The number of esters is 1. The Morgan fingerprint density at radius 1 is 1.05 bits per heavy atom. The predicted octanol–water partition coefficient (Wildman–Crippen LogP) is 3.50. The largest absolute Gasteiger partial charge is 0.480 e. The average Bonchev–Trinajstić information content (AvgIpc) is 2.94. The van der Waals surface area contributed by atoms with Crippen LogP contribution in [-0.4, -0.2) is 58.6 Å². The molecule has 1 heterocycles. The van der Waals surface area contributed by atoms with Crippen molar-refractivity contribution < 1.29 is 29.0 Å². The fourth-order valence-corrected chi connectivity index (χ4v) is 4.49. The van der Waals surface area contributed by atoms with Crippen LogP contribution >= 0.6 is 0 Å². The molecule has 0 saturated carbocycles. The molecule has 0 bridgehead atoms. The van der Waals surface area contributed by atoms with Crippen molar-refractivity contribution in [2.45, 2.75) is 78.0 Å². The number of nitrogens with one attached hydrogen (secondary N) is 2. The quantitative estimate of drug-likeness (QED) is 0.375. The van der Waals surface area contributed by atoms with Gasteiger partial charge in [-0.2, -0.15) is 0 Å². The number of hydrogen-bond donors (Lipinski definition) is 3. The van der Waals surface area contributed by atoms with Crippen molar-refractivity contribution in [3.05, 3.63) is 59.7 Å². The molecule has 2 aromatic carbocycles. The van der Waals surface area contributed by atoms with E-state index in [2.05, 4.69) is 41.9 Å². The van der Waals surface area contributed by atoms with Crippen LogP contribution in [0.2, 0.25) is 0 Å². The molecule has 0 radical (unpaired) electrons. The maximum atomic E-state index is 12.9. The van der Waals surface area contributed by atoms with E-state index in [1.165, 1.54) is 17.5 Å². The summed E-state index contributed by atoms with van der Waals surface area (Å²) in [5, 5.41) is 13.1. The molecular weight excluding hydrogens is 498 g/mol. The van der Waals surface area contributed by atoms with Crippen molar-refractivity contribution in [2.24, 2.45) is 5.92 Å². The van der Waals surface area contributed by atoms with Crippen molar-refractivity contribution in [3.8, 4) is 11.1 Å². The first-order valence-corrected chi connectivity index (χ1v) is 13.6. The van der Waals surface area contributed by atoms with E-state index in [1.54, 1.807) is 13.8 Å². The zero-order chi connectivity index (χ0) is 28.5. The molecule has 1 aliphatic heterocycles. The lowest BCUT2D eigenvalue weighted by atomic mass is 10.00. The number of hydrogen-bond acceptors (Lipinski definition) is 6. The third kappa shape index (κ3) is 8.38. The zero-order valence-corrected chi connectivity index (χ0v) is 23.1. The number of benzene rings is 2. The Labute approximate surface area is 229 Å². The van der Waals surface area contributed by atoms with Crippen LogP contribution in [0.25, 0.3) is 11.1 Å². The van der Waals surface area contributed by atoms with E-state index in [1.807, 2.05) is 24.3 Å². The normalized spacial score (nSPS) is 16.8. The minimum atomic E-state index is -1.05. The minimum Gasteiger partial charge on any atom is -0.480 e. The van der Waals surface area contributed by atoms with Crippen LogP contribution < -0.4 is 10.7 Å². The highest BCUT2D eigenvalue weighted by Gasteiger charge is 2.33. The van der Waals surface area contributed by atoms with E-state index in [9.17, 15) is 24.3 Å². The van der Waals surface area contributed by atoms with Gasteiger partial charge in [0.1, 0.15) is 12.1 Å². The topological polar surface area (TPSA) is 125 Å². The molecule has 210 valence electrons. The Morgan fingerprint density at radius 2 is 1.77 bits per heavy atom. The van der Waals surface area contributed by atoms with E-state index >= 15 is 0 Å². The molecule has 39 heavy (non-hydrogen) atoms. The molecule has 0 aliphatic carbocycles. The molecule has 0 spiro atoms. The minimum absolute atomic E-state index is 0.115. The number of ether oxygens (including phenoxy) is 1. The monoisotopic (exact) mass is 537 g/mol. The van der Waals surface area contributed by atoms with Gasteiger partial charge in [-0.25, -0.2) is 5.43 Å². The van der Waals surface area contributed by atoms with Crippen LogP contribution in [0.5, 0.6) is 0 Å². The molecule has 3 rings (SSSR count). The number of carboxylic acid groups (broad SMARTS) is 1. The molecule has 9 nitrogen and oxygen atoms in total. The van der Waals surface area contributed by atoms with Crippen molar-refractivity contribution >= 4 is 23.8 Å². The zero-order valence-electron chi connectivity index (χ0n) is 23.1. The summed E-state index contributed by atoms with van der Waals surface area (Å²) in [6.07, 6.45) is 1.47. The summed E-state index contributed by atoms with van der Waals surface area (Å²) in [7, 11) is 0. The highest BCUT2D eigenvalue weighted by atomic mass is 16.5. The summed E-state index contributed by atoms with van der Waals surface area (Å²) in [5.74, 6) is -2.85. The van der Waals surface area contributed by atoms with Crippen LogP contribution in [0.1, 0.15) is 58.1 Å². The predicted molar refractivity (Wildman–Crippen MR) is 147 cm³/mol. The molecule has 0 aromatic heterocycles. The molecule has 9 heteroatoms. The van der Waals surface area contributed by atoms with Crippen LogP contribution in [-0.2, 0) is 36.8 Å². The third-order valence-corrected chi connectivity index (χ3v) is 6.84. The maximum absolute atomic E-state index is 12.9. The molecule has 3 atom stereocenters. The summed E-state index contributed by atoms with van der Waals surface area (Å²) in [5.41, 5.74) is 7.21. The Balaban J connectivity index is 1.52. The van der Waals surface area contributed by atoms with Gasteiger partial charge >= 0.3 is 11.9 Å². The van der Waals surface area contributed by atoms with Gasteiger partial charge in [-0.05, 0) is 60.8 Å². The first-order valence-electron chi connectivity index (χ1n) is 13.6. The average molecular weight is 538 g/mol. The molecular formula is C30H39N3O6. The standard InChI is InChI=1S/C30H39N3O6/c1-5-21-8-6-9-24(18-21)23-14-11-22(12-15-23)13-16-26(34)39-27(19(2)3)28(35)31-20(4)29(36)33-17-7-10-25(32-33)30(37)38/h6,8-9,11-12,14-15,18-20,25,27,32H,5,7,10,13,16-17H2,1-4H3,(H,31,35)(H,37,38). The third-order valence-electron chi connectivity index (χ3n) is 6.84. The summed E-state index contributed by atoms with van der Waals surface area (Å²) in [6.45, 7) is 7.52. The van der Waals surface area contributed by atoms with Crippen molar-refractivity contribution in [2.75, 3.05) is 6.54 Å². The molecule has 1 aliphatic rings. The van der Waals surface area contributed by atoms with Gasteiger partial charge in [0.15, 0.2) is 6.10 Å². The second-order valence-electron chi connectivity index (χ2n) is 10.3. The lowest BCUT2D eigenvalue weighted by Gasteiger charge is -2.34. The molecule has 2 amide bonds. The SMILES string of the molecule is CCc1cccc(-c2ccc(CCC(=O)OC(C(=O)NC(C)C(=O)N3CCCC(C(=O)O)N3)C(C)C)cc2)c1. The summed E-state index contributed by atoms with van der Waals surface area (Å²) < 4.78 is 5.52. The Morgan fingerprint density at radius 3 is 2.41 bits per heavy atom. The number of amides is 2. The molecule has 1 fully saturated rings. The second-order valence-corrected chi connectivity index (χ2v) is 10.3. The van der Waals surface area contributed by atoms with E-state index in [0.717, 1.165) is 23.1 Å². The first-order chi connectivity index (χ1) is 18.6. The van der Waals surface area contributed by atoms with Gasteiger partial charge < -0.3 is 15.2 Å². The number of hydrazine groups is 1. The lowest BCUT2D eigenvalue weighted by molar-refractivity contribution is -0.159. The van der Waals surface area contributed by atoms with E-state index in [0.29, 0.717) is 25.8 Å². The van der Waals surface area contributed by atoms with Gasteiger partial charge in [0, 0.05) is 13.0 Å². The van der Waals surface area contributed by atoms with Crippen LogP contribution in [0.3, 0.4) is 0 Å². The van der Waals surface area contributed by atoms with Crippen LogP contribution in [0.4, 0.5) is 0 Å². The van der Waals surface area contributed by atoms with E-state index in [-0.39, 0.29) is 12.3 Å². The van der Waals surface area contributed by atoms with Crippen molar-refractivity contribution in [1.29, 1.82) is 0 Å². The summed E-state index contributed by atoms with van der Waals surface area (Å²) in [6, 6.07) is 14.7. The van der Waals surface area contributed by atoms with Gasteiger partial charge in [-0.1, -0.05) is 69.3 Å². The van der Waals surface area contributed by atoms with Gasteiger partial charge in [-0.3, -0.25) is 24.2 Å². The maximum Gasteiger partial charge on any atom is 0.322 e. The van der Waals surface area contributed by atoms with Gasteiger partial charge in [0.05, 0.1) is 0 Å². The second kappa shape index (κ2) is 13.9. The number of rotatable bonds is 11. The highest BCUT2D eigenvalue weighted by Crippen LogP contribution is 2.22. The molecule has 3 unspecified atom stereocenters. The van der Waals surface area contributed by atoms with E-state index in [4.69, 9.17) is 4.74 Å². The van der Waals surface area contributed by atoms with Crippen LogP contribution in [0, 0.1) is 5.92 Å². The number of aryl methyl sites for hydroxylation is 2. The first kappa shape index (κ1) is 29.8. The smallest absolute Gasteiger partial charge is 0.322 e. The number of carbonyl (C=O) groups is 4. The fraction of sp³-hybridized carbons (Fsp3) is 0.467. The number of carbonyl (C=O) groups excluding carboxylic acids is 3. The van der Waals surface area contributed by atoms with Gasteiger partial charge in [-0.15, -0.1) is 0 Å². The van der Waals surface area contributed by atoms with Crippen molar-refractivity contribution in [1.82, 2.24) is 15.8 Å². The summed E-state index contributed by atoms with van der Waals surface area (Å²) in [4.78, 5) is 49.6.